The van der Waals surface area contributed by atoms with Gasteiger partial charge in [-0.15, -0.1) is 0 Å². The monoisotopic (exact) mass is 418 g/mol. The molecule has 0 fully saturated rings. The maximum Gasteiger partial charge on any atom is 0.293 e. The van der Waals surface area contributed by atoms with E-state index in [2.05, 4.69) is 17.0 Å². The fourth-order valence-electron chi connectivity index (χ4n) is 2.97. The van der Waals surface area contributed by atoms with E-state index < -0.39 is 11.7 Å². The molecule has 3 aromatic rings. The van der Waals surface area contributed by atoms with Crippen LogP contribution in [0.25, 0.3) is 11.0 Å². The number of nitrogens with zero attached hydrogens (tertiary/aromatic N) is 3. The summed E-state index contributed by atoms with van der Waals surface area (Å²) in [5.74, 6) is 0.667. The van der Waals surface area contributed by atoms with Crippen molar-refractivity contribution in [2.24, 2.45) is 7.05 Å². The Labute approximate surface area is 172 Å². The number of thioether (sulfide) groups is 1. The molecule has 0 spiro atoms. The highest BCUT2D eigenvalue weighted by molar-refractivity contribution is 7.99. The Hall–Kier alpha value is -2.52. The van der Waals surface area contributed by atoms with E-state index in [1.807, 2.05) is 38.1 Å². The van der Waals surface area contributed by atoms with Crippen LogP contribution in [0.5, 0.6) is 5.75 Å². The predicted molar refractivity (Wildman–Crippen MR) is 114 cm³/mol. The highest BCUT2D eigenvalue weighted by Crippen LogP contribution is 2.25. The van der Waals surface area contributed by atoms with Crippen molar-refractivity contribution in [3.8, 4) is 5.75 Å². The molecule has 3 rings (SSSR count). The van der Waals surface area contributed by atoms with E-state index in [9.17, 15) is 14.7 Å². The minimum absolute atomic E-state index is 0.0552. The van der Waals surface area contributed by atoms with Crippen LogP contribution >= 0.6 is 11.8 Å². The lowest BCUT2D eigenvalue weighted by Crippen LogP contribution is -2.30. The second-order valence-corrected chi connectivity index (χ2v) is 8.68. The Morgan fingerprint density at radius 3 is 2.55 bits per heavy atom. The quantitative estimate of drug-likeness (QED) is 0.542. The Morgan fingerprint density at radius 2 is 1.93 bits per heavy atom. The van der Waals surface area contributed by atoms with Crippen molar-refractivity contribution in [1.82, 2.24) is 19.3 Å². The number of aromatic amines is 1. The maximum absolute atomic E-state index is 12.5. The number of hydrogen-bond acceptors (Lipinski definition) is 6. The van der Waals surface area contributed by atoms with Crippen LogP contribution in [0.3, 0.4) is 0 Å². The number of aryl methyl sites for hydroxylation is 2. The summed E-state index contributed by atoms with van der Waals surface area (Å²) in [6.45, 7) is 6.22. The molecule has 0 bridgehead atoms. The summed E-state index contributed by atoms with van der Waals surface area (Å²) in [4.78, 5) is 29.3. The van der Waals surface area contributed by atoms with E-state index in [0.717, 1.165) is 11.1 Å². The third-order valence-electron chi connectivity index (χ3n) is 4.43. The van der Waals surface area contributed by atoms with Crippen molar-refractivity contribution in [3.63, 3.8) is 0 Å². The number of rotatable bonds is 8. The average Bonchev–Trinajstić information content (AvgIpc) is 3.03. The van der Waals surface area contributed by atoms with E-state index in [1.54, 1.807) is 4.57 Å². The van der Waals surface area contributed by atoms with Crippen molar-refractivity contribution in [3.05, 3.63) is 50.5 Å². The average molecular weight is 419 g/mol. The van der Waals surface area contributed by atoms with Crippen molar-refractivity contribution in [2.75, 3.05) is 6.61 Å². The fourth-order valence-corrected chi connectivity index (χ4v) is 3.83. The molecule has 1 atom stereocenters. The van der Waals surface area contributed by atoms with Gasteiger partial charge in [0.05, 0.1) is 6.54 Å². The number of aliphatic hydroxyl groups excluding tert-OH is 1. The molecule has 156 valence electrons. The second kappa shape index (κ2) is 8.87. The Morgan fingerprint density at radius 1 is 1.24 bits per heavy atom. The van der Waals surface area contributed by atoms with E-state index in [1.165, 1.54) is 24.4 Å². The van der Waals surface area contributed by atoms with Gasteiger partial charge >= 0.3 is 0 Å². The molecule has 0 saturated carbocycles. The van der Waals surface area contributed by atoms with Gasteiger partial charge in [-0.25, -0.2) is 4.98 Å². The topological polar surface area (TPSA) is 102 Å². The third kappa shape index (κ3) is 4.73. The summed E-state index contributed by atoms with van der Waals surface area (Å²) in [7, 11) is 1.48. The number of aromatic nitrogens is 4. The molecule has 1 aromatic carbocycles. The van der Waals surface area contributed by atoms with Gasteiger partial charge in [0, 0.05) is 12.3 Å². The SMILES string of the molecule is CCc1ccc(OCC(O)Cn2c(SC(C)C)nc3c(=O)n(C)[nH]c(=O)c32)cc1. The van der Waals surface area contributed by atoms with Crippen LogP contribution < -0.4 is 15.9 Å². The summed E-state index contributed by atoms with van der Waals surface area (Å²) in [6.07, 6.45) is 0.0641. The van der Waals surface area contributed by atoms with E-state index in [0.29, 0.717) is 10.9 Å². The molecule has 2 aromatic heterocycles. The molecule has 0 radical (unpaired) electrons. The van der Waals surface area contributed by atoms with Crippen LogP contribution in [0.2, 0.25) is 0 Å². The molecule has 8 nitrogen and oxygen atoms in total. The van der Waals surface area contributed by atoms with Gasteiger partial charge in [-0.05, 0) is 24.1 Å². The number of imidazole rings is 1. The van der Waals surface area contributed by atoms with Crippen LogP contribution in [0, 0.1) is 0 Å². The highest BCUT2D eigenvalue weighted by atomic mass is 32.2. The molecule has 0 aliphatic carbocycles. The lowest BCUT2D eigenvalue weighted by molar-refractivity contribution is 0.0913. The lowest BCUT2D eigenvalue weighted by atomic mass is 10.2. The van der Waals surface area contributed by atoms with Crippen molar-refractivity contribution in [2.45, 2.75) is 50.2 Å². The van der Waals surface area contributed by atoms with Gasteiger partial charge in [0.1, 0.15) is 24.0 Å². The van der Waals surface area contributed by atoms with E-state index >= 15 is 0 Å². The van der Waals surface area contributed by atoms with Crippen molar-refractivity contribution >= 4 is 22.8 Å². The molecule has 0 saturated heterocycles. The van der Waals surface area contributed by atoms with Crippen molar-refractivity contribution in [1.29, 1.82) is 0 Å². The number of H-pyrrole nitrogens is 1. The number of ether oxygens (including phenoxy) is 1. The number of nitrogens with one attached hydrogen (secondary N) is 1. The van der Waals surface area contributed by atoms with E-state index in [4.69, 9.17) is 4.74 Å². The molecule has 29 heavy (non-hydrogen) atoms. The zero-order valence-electron chi connectivity index (χ0n) is 17.0. The summed E-state index contributed by atoms with van der Waals surface area (Å²) in [5, 5.41) is 13.8. The fraction of sp³-hybridized carbons (Fsp3) is 0.450. The first-order valence-corrected chi connectivity index (χ1v) is 10.4. The summed E-state index contributed by atoms with van der Waals surface area (Å²) in [5.41, 5.74) is 0.670. The molecule has 2 heterocycles. The molecule has 0 aliphatic rings. The van der Waals surface area contributed by atoms with Crippen LogP contribution in [0.1, 0.15) is 26.3 Å². The minimum Gasteiger partial charge on any atom is -0.491 e. The minimum atomic E-state index is -0.881. The third-order valence-corrected chi connectivity index (χ3v) is 5.43. The van der Waals surface area contributed by atoms with Gasteiger partial charge < -0.3 is 14.4 Å². The van der Waals surface area contributed by atoms with Crippen LogP contribution in [-0.2, 0) is 20.0 Å². The van der Waals surface area contributed by atoms with Crippen LogP contribution in [0.15, 0.2) is 39.0 Å². The largest absolute Gasteiger partial charge is 0.491 e. The van der Waals surface area contributed by atoms with Crippen LogP contribution in [-0.4, -0.2) is 42.4 Å². The highest BCUT2D eigenvalue weighted by Gasteiger charge is 2.21. The van der Waals surface area contributed by atoms with Gasteiger partial charge in [0.25, 0.3) is 11.1 Å². The number of fused-ring (bicyclic) bond motifs is 1. The zero-order chi connectivity index (χ0) is 21.1. The smallest absolute Gasteiger partial charge is 0.293 e. The first-order chi connectivity index (χ1) is 13.8. The van der Waals surface area contributed by atoms with Gasteiger partial charge in [-0.3, -0.25) is 19.4 Å². The molecule has 0 amide bonds. The Kier molecular flexibility index (Phi) is 6.49. The molecule has 9 heteroatoms. The predicted octanol–water partition coefficient (Wildman–Crippen LogP) is 1.93. The van der Waals surface area contributed by atoms with Gasteiger partial charge in [-0.1, -0.05) is 44.7 Å². The van der Waals surface area contributed by atoms with Gasteiger partial charge in [-0.2, -0.15) is 0 Å². The summed E-state index contributed by atoms with van der Waals surface area (Å²) in [6, 6.07) is 7.70. The maximum atomic E-state index is 12.5. The zero-order valence-corrected chi connectivity index (χ0v) is 17.8. The van der Waals surface area contributed by atoms with Crippen LogP contribution in [0.4, 0.5) is 0 Å². The lowest BCUT2D eigenvalue weighted by Gasteiger charge is -2.16. The number of benzene rings is 1. The first kappa shape index (κ1) is 21.2. The van der Waals surface area contributed by atoms with Crippen molar-refractivity contribution < 1.29 is 9.84 Å². The summed E-state index contributed by atoms with van der Waals surface area (Å²) < 4.78 is 8.40. The standard InChI is InChI=1S/C20H26N4O4S/c1-5-13-6-8-15(9-7-13)28-11-14(25)10-24-17-16(21-20(24)29-12(2)3)19(27)23(4)22-18(17)26/h6-9,12,14,25H,5,10-11H2,1-4H3,(H,22,26). The van der Waals surface area contributed by atoms with Gasteiger partial charge in [0.2, 0.25) is 0 Å². The first-order valence-electron chi connectivity index (χ1n) is 9.56. The number of hydrogen-bond donors (Lipinski definition) is 2. The molecule has 0 aliphatic heterocycles. The normalized spacial score (nSPS) is 12.6. The molecular weight excluding hydrogens is 392 g/mol. The Balaban J connectivity index is 1.86. The Bertz CT molecular complexity index is 1100. The van der Waals surface area contributed by atoms with E-state index in [-0.39, 0.29) is 35.0 Å². The molecule has 1 unspecified atom stereocenters. The van der Waals surface area contributed by atoms with Gasteiger partial charge in [0.15, 0.2) is 10.7 Å². The summed E-state index contributed by atoms with van der Waals surface area (Å²) >= 11 is 1.43. The molecular formula is C20H26N4O4S. The molecule has 2 N–H and O–H groups in total. The second-order valence-electron chi connectivity index (χ2n) is 7.14. The number of aliphatic hydroxyl groups is 1.